The summed E-state index contributed by atoms with van der Waals surface area (Å²) in [5, 5.41) is 8.68. The molecule has 2 rings (SSSR count). The van der Waals surface area contributed by atoms with Crippen LogP contribution in [0.1, 0.15) is 5.69 Å². The number of nitrogens with one attached hydrogen (secondary N) is 1. The first kappa shape index (κ1) is 11.3. The molecule has 1 heterocycles. The summed E-state index contributed by atoms with van der Waals surface area (Å²) in [6, 6.07) is 5.91. The van der Waals surface area contributed by atoms with Crippen LogP contribution in [0.3, 0.4) is 0 Å². The molecule has 0 spiro atoms. The van der Waals surface area contributed by atoms with Crippen LogP contribution in [0, 0.1) is 0 Å². The third-order valence-corrected chi connectivity index (χ3v) is 2.40. The molecule has 88 valence electrons. The van der Waals surface area contributed by atoms with Gasteiger partial charge in [-0.05, 0) is 12.1 Å². The normalized spacial score (nSPS) is 12.5. The number of fused-ring (bicyclic) bond motifs is 1. The maximum Gasteiger partial charge on any atom is 0.320 e. The van der Waals surface area contributed by atoms with Gasteiger partial charge in [-0.3, -0.25) is 9.59 Å². The van der Waals surface area contributed by atoms with Crippen LogP contribution in [0.5, 0.6) is 0 Å². The highest BCUT2D eigenvalue weighted by Gasteiger charge is 2.15. The van der Waals surface area contributed by atoms with E-state index in [9.17, 15) is 9.59 Å². The molecule has 0 aliphatic rings. The molecule has 0 radical (unpaired) electrons. The number of carbonyl (C=O) groups is 1. The van der Waals surface area contributed by atoms with Crippen LogP contribution in [0.15, 0.2) is 29.1 Å². The zero-order valence-electron chi connectivity index (χ0n) is 8.88. The maximum atomic E-state index is 11.6. The minimum absolute atomic E-state index is 0.0878. The van der Waals surface area contributed by atoms with E-state index in [2.05, 4.69) is 9.97 Å². The number of H-pyrrole nitrogens is 1. The van der Waals surface area contributed by atoms with Crippen molar-refractivity contribution in [1.82, 2.24) is 9.97 Å². The van der Waals surface area contributed by atoms with Crippen molar-refractivity contribution in [1.29, 1.82) is 0 Å². The highest BCUT2D eigenvalue weighted by atomic mass is 16.4. The SMILES string of the molecule is NC(Cc1nc2ccccc2[nH]c1=O)C(=O)O. The van der Waals surface area contributed by atoms with E-state index < -0.39 is 17.6 Å². The van der Waals surface area contributed by atoms with Crippen molar-refractivity contribution in [2.45, 2.75) is 12.5 Å². The average Bonchev–Trinajstić information content (AvgIpc) is 2.29. The van der Waals surface area contributed by atoms with E-state index in [-0.39, 0.29) is 12.1 Å². The Morgan fingerprint density at radius 1 is 1.47 bits per heavy atom. The fourth-order valence-corrected chi connectivity index (χ4v) is 1.50. The number of nitrogens with two attached hydrogens (primary N) is 1. The number of hydrogen-bond acceptors (Lipinski definition) is 4. The third-order valence-electron chi connectivity index (χ3n) is 2.40. The van der Waals surface area contributed by atoms with Crippen LogP contribution < -0.4 is 11.3 Å². The molecule has 2 aromatic rings. The predicted octanol–water partition coefficient (Wildman–Crippen LogP) is -0.123. The van der Waals surface area contributed by atoms with E-state index in [4.69, 9.17) is 10.8 Å². The Morgan fingerprint density at radius 2 is 2.18 bits per heavy atom. The summed E-state index contributed by atoms with van der Waals surface area (Å²) in [5.41, 5.74) is 6.33. The Hall–Kier alpha value is -2.21. The number of nitrogens with zero attached hydrogens (tertiary/aromatic N) is 1. The molecule has 0 saturated carbocycles. The van der Waals surface area contributed by atoms with Crippen LogP contribution >= 0.6 is 0 Å². The number of carboxylic acids is 1. The number of benzene rings is 1. The van der Waals surface area contributed by atoms with Gasteiger partial charge in [0, 0.05) is 6.42 Å². The van der Waals surface area contributed by atoms with Gasteiger partial charge in [-0.2, -0.15) is 0 Å². The van der Waals surface area contributed by atoms with Gasteiger partial charge in [0.25, 0.3) is 5.56 Å². The van der Waals surface area contributed by atoms with Crippen molar-refractivity contribution in [3.63, 3.8) is 0 Å². The summed E-state index contributed by atoms with van der Waals surface area (Å²) in [4.78, 5) is 29.0. The van der Waals surface area contributed by atoms with Crippen molar-refractivity contribution in [2.24, 2.45) is 5.73 Å². The molecule has 0 aliphatic carbocycles. The van der Waals surface area contributed by atoms with Gasteiger partial charge in [0.05, 0.1) is 11.0 Å². The van der Waals surface area contributed by atoms with E-state index in [1.54, 1.807) is 24.3 Å². The number of para-hydroxylation sites is 2. The summed E-state index contributed by atoms with van der Waals surface area (Å²) in [7, 11) is 0. The molecule has 17 heavy (non-hydrogen) atoms. The Balaban J connectivity index is 2.44. The van der Waals surface area contributed by atoms with Gasteiger partial charge in [-0.15, -0.1) is 0 Å². The van der Waals surface area contributed by atoms with Gasteiger partial charge in [-0.1, -0.05) is 12.1 Å². The van der Waals surface area contributed by atoms with Crippen molar-refractivity contribution in [2.75, 3.05) is 0 Å². The number of aromatic amines is 1. The second-order valence-electron chi connectivity index (χ2n) is 3.68. The lowest BCUT2D eigenvalue weighted by atomic mass is 10.1. The van der Waals surface area contributed by atoms with Crippen molar-refractivity contribution < 1.29 is 9.90 Å². The largest absolute Gasteiger partial charge is 0.480 e. The smallest absolute Gasteiger partial charge is 0.320 e. The molecule has 6 nitrogen and oxygen atoms in total. The molecule has 0 bridgehead atoms. The molecule has 1 aromatic carbocycles. The molecule has 4 N–H and O–H groups in total. The molecule has 1 unspecified atom stereocenters. The van der Waals surface area contributed by atoms with E-state index in [0.717, 1.165) is 0 Å². The van der Waals surface area contributed by atoms with Crippen LogP contribution in [0.25, 0.3) is 11.0 Å². The lowest BCUT2D eigenvalue weighted by Crippen LogP contribution is -2.35. The highest BCUT2D eigenvalue weighted by molar-refractivity contribution is 5.75. The zero-order chi connectivity index (χ0) is 12.4. The van der Waals surface area contributed by atoms with Gasteiger partial charge >= 0.3 is 5.97 Å². The maximum absolute atomic E-state index is 11.6. The quantitative estimate of drug-likeness (QED) is 0.684. The van der Waals surface area contributed by atoms with E-state index in [1.165, 1.54) is 0 Å². The van der Waals surface area contributed by atoms with Crippen molar-refractivity contribution in [3.8, 4) is 0 Å². The van der Waals surface area contributed by atoms with Gasteiger partial charge in [0.1, 0.15) is 11.7 Å². The van der Waals surface area contributed by atoms with Gasteiger partial charge in [0.2, 0.25) is 0 Å². The number of carboxylic acid groups (broad SMARTS) is 1. The fraction of sp³-hybridized carbons (Fsp3) is 0.182. The second kappa shape index (κ2) is 4.34. The molecular weight excluding hydrogens is 222 g/mol. The van der Waals surface area contributed by atoms with E-state index in [1.807, 2.05) is 0 Å². The van der Waals surface area contributed by atoms with E-state index in [0.29, 0.717) is 11.0 Å². The van der Waals surface area contributed by atoms with Crippen molar-refractivity contribution in [3.05, 3.63) is 40.3 Å². The predicted molar refractivity (Wildman–Crippen MR) is 61.7 cm³/mol. The minimum atomic E-state index is -1.15. The third kappa shape index (κ3) is 2.31. The highest BCUT2D eigenvalue weighted by Crippen LogP contribution is 2.06. The first-order valence-electron chi connectivity index (χ1n) is 5.04. The minimum Gasteiger partial charge on any atom is -0.480 e. The molecular formula is C11H11N3O3. The lowest BCUT2D eigenvalue weighted by Gasteiger charge is -2.05. The monoisotopic (exact) mass is 233 g/mol. The first-order chi connectivity index (χ1) is 8.08. The number of aromatic nitrogens is 2. The van der Waals surface area contributed by atoms with Crippen LogP contribution in [0.2, 0.25) is 0 Å². The zero-order valence-corrected chi connectivity index (χ0v) is 8.88. The molecule has 1 atom stereocenters. The molecule has 6 heteroatoms. The molecule has 1 aromatic heterocycles. The topological polar surface area (TPSA) is 109 Å². The van der Waals surface area contributed by atoms with E-state index >= 15 is 0 Å². The fourth-order valence-electron chi connectivity index (χ4n) is 1.50. The Labute approximate surface area is 96.1 Å². The Morgan fingerprint density at radius 3 is 2.88 bits per heavy atom. The number of aliphatic carboxylic acids is 1. The summed E-state index contributed by atoms with van der Waals surface area (Å²) in [5.74, 6) is -1.15. The Kier molecular flexibility index (Phi) is 2.88. The van der Waals surface area contributed by atoms with Gasteiger partial charge in [-0.25, -0.2) is 4.98 Å². The van der Waals surface area contributed by atoms with Crippen LogP contribution in [0.4, 0.5) is 0 Å². The number of hydrogen-bond donors (Lipinski definition) is 3. The lowest BCUT2D eigenvalue weighted by molar-refractivity contribution is -0.138. The standard InChI is InChI=1S/C11H11N3O3/c12-6(11(16)17)5-9-10(15)14-8-4-2-1-3-7(8)13-9/h1-4,6H,5,12H2,(H,14,15)(H,16,17). The van der Waals surface area contributed by atoms with Crippen LogP contribution in [-0.2, 0) is 11.2 Å². The summed E-state index contributed by atoms with van der Waals surface area (Å²) >= 11 is 0. The molecule has 0 saturated heterocycles. The Bertz CT molecular complexity index is 621. The molecule has 0 amide bonds. The summed E-state index contributed by atoms with van der Waals surface area (Å²) in [6.07, 6.45) is -0.0878. The average molecular weight is 233 g/mol. The first-order valence-corrected chi connectivity index (χ1v) is 5.04. The summed E-state index contributed by atoms with van der Waals surface area (Å²) < 4.78 is 0. The van der Waals surface area contributed by atoms with Gasteiger partial charge < -0.3 is 15.8 Å². The molecule has 0 aliphatic heterocycles. The van der Waals surface area contributed by atoms with Gasteiger partial charge in [0.15, 0.2) is 0 Å². The second-order valence-corrected chi connectivity index (χ2v) is 3.68. The number of rotatable bonds is 3. The summed E-state index contributed by atoms with van der Waals surface area (Å²) in [6.45, 7) is 0. The van der Waals surface area contributed by atoms with Crippen LogP contribution in [-0.4, -0.2) is 27.1 Å². The molecule has 0 fully saturated rings. The van der Waals surface area contributed by atoms with Crippen molar-refractivity contribution >= 4 is 17.0 Å².